The number of nitrogens with one attached hydrogen (secondary N) is 1. The first-order valence-corrected chi connectivity index (χ1v) is 9.46. The largest absolute Gasteiger partial charge is 0.361 e. The summed E-state index contributed by atoms with van der Waals surface area (Å²) in [5.41, 5.74) is 2.90. The topological polar surface area (TPSA) is 43.3 Å². The third-order valence-corrected chi connectivity index (χ3v) is 5.16. The zero-order chi connectivity index (χ0) is 17.6. The molecule has 5 heteroatoms. The Balaban J connectivity index is 1.74. The zero-order valence-corrected chi connectivity index (χ0v) is 16.3. The van der Waals surface area contributed by atoms with Gasteiger partial charge in [0.05, 0.1) is 5.52 Å². The summed E-state index contributed by atoms with van der Waals surface area (Å²) < 4.78 is 8.70. The number of benzene rings is 2. The molecule has 3 rings (SSSR count). The zero-order valence-electron chi connectivity index (χ0n) is 14.2. The molecule has 0 bridgehead atoms. The van der Waals surface area contributed by atoms with Crippen LogP contribution in [0.4, 0.5) is 0 Å². The highest BCUT2D eigenvalue weighted by Gasteiger charge is 2.15. The van der Waals surface area contributed by atoms with Gasteiger partial charge < -0.3 is 14.6 Å². The fourth-order valence-electron chi connectivity index (χ4n) is 2.82. The summed E-state index contributed by atoms with van der Waals surface area (Å²) in [7, 11) is 0. The van der Waals surface area contributed by atoms with Gasteiger partial charge in [0, 0.05) is 22.1 Å². The highest BCUT2D eigenvalue weighted by molar-refractivity contribution is 14.1. The van der Waals surface area contributed by atoms with Crippen molar-refractivity contribution in [3.05, 3.63) is 69.4 Å². The molecule has 1 N–H and O–H groups in total. The SMILES string of the molecule is CCOCn1c(C(=O)NCCc2ccccc2I)cc2ccccc21. The third kappa shape index (κ3) is 4.22. The number of fused-ring (bicyclic) bond motifs is 1. The normalized spacial score (nSPS) is 11.0. The molecule has 0 saturated carbocycles. The van der Waals surface area contributed by atoms with Gasteiger partial charge in [0.15, 0.2) is 0 Å². The Morgan fingerprint density at radius 3 is 2.72 bits per heavy atom. The maximum absolute atomic E-state index is 12.7. The van der Waals surface area contributed by atoms with Gasteiger partial charge in [-0.15, -0.1) is 0 Å². The van der Waals surface area contributed by atoms with Gasteiger partial charge in [-0.1, -0.05) is 36.4 Å². The Morgan fingerprint density at radius 2 is 1.92 bits per heavy atom. The van der Waals surface area contributed by atoms with Crippen LogP contribution < -0.4 is 5.32 Å². The number of halogens is 1. The van der Waals surface area contributed by atoms with Crippen molar-refractivity contribution in [2.45, 2.75) is 20.1 Å². The molecular weight excluding hydrogens is 427 g/mol. The first-order valence-electron chi connectivity index (χ1n) is 8.38. The molecule has 4 nitrogen and oxygen atoms in total. The lowest BCUT2D eigenvalue weighted by atomic mass is 10.1. The molecule has 25 heavy (non-hydrogen) atoms. The summed E-state index contributed by atoms with van der Waals surface area (Å²) in [5, 5.41) is 4.08. The highest BCUT2D eigenvalue weighted by atomic mass is 127. The number of hydrogen-bond acceptors (Lipinski definition) is 2. The number of carbonyl (C=O) groups excluding carboxylic acids is 1. The molecule has 1 heterocycles. The fraction of sp³-hybridized carbons (Fsp3) is 0.250. The van der Waals surface area contributed by atoms with Crippen LogP contribution in [-0.2, 0) is 17.9 Å². The van der Waals surface area contributed by atoms with Crippen LogP contribution in [0.25, 0.3) is 10.9 Å². The molecule has 0 radical (unpaired) electrons. The van der Waals surface area contributed by atoms with E-state index in [-0.39, 0.29) is 5.91 Å². The average molecular weight is 448 g/mol. The number of rotatable bonds is 7. The lowest BCUT2D eigenvalue weighted by molar-refractivity contribution is 0.0815. The van der Waals surface area contributed by atoms with Crippen molar-refractivity contribution in [1.82, 2.24) is 9.88 Å². The molecule has 0 aliphatic heterocycles. The minimum Gasteiger partial charge on any atom is -0.361 e. The molecular formula is C20H21IN2O2. The van der Waals surface area contributed by atoms with E-state index in [1.54, 1.807) is 0 Å². The van der Waals surface area contributed by atoms with Crippen molar-refractivity contribution in [3.8, 4) is 0 Å². The summed E-state index contributed by atoms with van der Waals surface area (Å²) >= 11 is 2.33. The molecule has 0 fully saturated rings. The smallest absolute Gasteiger partial charge is 0.268 e. The standard InChI is InChI=1S/C20H21IN2O2/c1-2-25-14-23-18-10-6-4-8-16(18)13-19(23)20(24)22-12-11-15-7-3-5-9-17(15)21/h3-10,13H,2,11-12,14H2,1H3,(H,22,24). The van der Waals surface area contributed by atoms with Crippen molar-refractivity contribution in [2.75, 3.05) is 13.2 Å². The summed E-state index contributed by atoms with van der Waals surface area (Å²) in [6.07, 6.45) is 0.816. The molecule has 1 aromatic heterocycles. The maximum Gasteiger partial charge on any atom is 0.268 e. The molecule has 0 unspecified atom stereocenters. The fourth-order valence-corrected chi connectivity index (χ4v) is 3.48. The van der Waals surface area contributed by atoms with Crippen molar-refractivity contribution in [2.24, 2.45) is 0 Å². The minimum atomic E-state index is -0.0677. The second-order valence-electron chi connectivity index (χ2n) is 5.74. The summed E-state index contributed by atoms with van der Waals surface area (Å²) in [4.78, 5) is 12.7. The lowest BCUT2D eigenvalue weighted by Crippen LogP contribution is -2.28. The van der Waals surface area contributed by atoms with Gasteiger partial charge in [-0.25, -0.2) is 0 Å². The Kier molecular flexibility index (Phi) is 6.09. The van der Waals surface area contributed by atoms with E-state index in [1.807, 2.05) is 54.0 Å². The third-order valence-electron chi connectivity index (χ3n) is 4.11. The van der Waals surface area contributed by atoms with Crippen LogP contribution in [0.2, 0.25) is 0 Å². The van der Waals surface area contributed by atoms with Gasteiger partial charge in [-0.3, -0.25) is 4.79 Å². The summed E-state index contributed by atoms with van der Waals surface area (Å²) in [5.74, 6) is -0.0677. The molecule has 0 atom stereocenters. The van der Waals surface area contributed by atoms with Gasteiger partial charge >= 0.3 is 0 Å². The van der Waals surface area contributed by atoms with E-state index in [1.165, 1.54) is 9.13 Å². The van der Waals surface area contributed by atoms with Crippen LogP contribution in [0.1, 0.15) is 23.0 Å². The second kappa shape index (κ2) is 8.49. The first-order chi connectivity index (χ1) is 12.2. The van der Waals surface area contributed by atoms with Crippen LogP contribution in [0, 0.1) is 3.57 Å². The molecule has 130 valence electrons. The average Bonchev–Trinajstić information content (AvgIpc) is 3.00. The molecule has 2 aromatic carbocycles. The molecule has 0 spiro atoms. The number of carbonyl (C=O) groups is 1. The number of para-hydroxylation sites is 1. The molecule has 1 amide bonds. The maximum atomic E-state index is 12.7. The van der Waals surface area contributed by atoms with Crippen LogP contribution in [0.5, 0.6) is 0 Å². The van der Waals surface area contributed by atoms with Crippen LogP contribution in [0.3, 0.4) is 0 Å². The van der Waals surface area contributed by atoms with Gasteiger partial charge in [0.1, 0.15) is 12.4 Å². The Bertz CT molecular complexity index is 873. The monoisotopic (exact) mass is 448 g/mol. The van der Waals surface area contributed by atoms with Gasteiger partial charge in [-0.2, -0.15) is 0 Å². The van der Waals surface area contributed by atoms with Crippen LogP contribution in [0.15, 0.2) is 54.6 Å². The van der Waals surface area contributed by atoms with Crippen molar-refractivity contribution >= 4 is 39.4 Å². The van der Waals surface area contributed by atoms with Crippen LogP contribution in [-0.4, -0.2) is 23.6 Å². The van der Waals surface area contributed by atoms with E-state index >= 15 is 0 Å². The predicted molar refractivity (Wildman–Crippen MR) is 109 cm³/mol. The lowest BCUT2D eigenvalue weighted by Gasteiger charge is -2.11. The van der Waals surface area contributed by atoms with E-state index in [0.29, 0.717) is 25.6 Å². The molecule has 0 aliphatic carbocycles. The van der Waals surface area contributed by atoms with Gasteiger partial charge in [0.2, 0.25) is 0 Å². The van der Waals surface area contributed by atoms with E-state index in [9.17, 15) is 4.79 Å². The van der Waals surface area contributed by atoms with E-state index < -0.39 is 0 Å². The van der Waals surface area contributed by atoms with Crippen molar-refractivity contribution < 1.29 is 9.53 Å². The number of ether oxygens (including phenoxy) is 1. The number of hydrogen-bond donors (Lipinski definition) is 1. The minimum absolute atomic E-state index is 0.0677. The van der Waals surface area contributed by atoms with E-state index in [0.717, 1.165) is 17.3 Å². The number of amides is 1. The predicted octanol–water partition coefficient (Wildman–Crippen LogP) is 4.21. The van der Waals surface area contributed by atoms with Crippen molar-refractivity contribution in [1.29, 1.82) is 0 Å². The Morgan fingerprint density at radius 1 is 1.16 bits per heavy atom. The molecule has 0 saturated heterocycles. The van der Waals surface area contributed by atoms with Gasteiger partial charge in [0.25, 0.3) is 5.91 Å². The summed E-state index contributed by atoms with van der Waals surface area (Å²) in [6, 6.07) is 18.1. The Labute approximate surface area is 161 Å². The van der Waals surface area contributed by atoms with Crippen molar-refractivity contribution in [3.63, 3.8) is 0 Å². The molecule has 3 aromatic rings. The summed E-state index contributed by atoms with van der Waals surface area (Å²) in [6.45, 7) is 3.55. The highest BCUT2D eigenvalue weighted by Crippen LogP contribution is 2.20. The van der Waals surface area contributed by atoms with E-state index in [2.05, 4.69) is 40.0 Å². The molecule has 0 aliphatic rings. The van der Waals surface area contributed by atoms with Crippen LogP contribution >= 0.6 is 22.6 Å². The first kappa shape index (κ1) is 17.9. The number of nitrogens with zero attached hydrogens (tertiary/aromatic N) is 1. The van der Waals surface area contributed by atoms with Gasteiger partial charge in [-0.05, 0) is 59.7 Å². The quantitative estimate of drug-likeness (QED) is 0.551. The number of aromatic nitrogens is 1. The second-order valence-corrected chi connectivity index (χ2v) is 6.90. The van der Waals surface area contributed by atoms with E-state index in [4.69, 9.17) is 4.74 Å². The Hall–Kier alpha value is -1.86.